The lowest BCUT2D eigenvalue weighted by Gasteiger charge is -2.23. The van der Waals surface area contributed by atoms with Crippen LogP contribution < -0.4 is 4.72 Å². The van der Waals surface area contributed by atoms with Crippen LogP contribution in [0.5, 0.6) is 0 Å². The molecule has 1 N–H and O–H groups in total. The maximum Gasteiger partial charge on any atom is 0.405 e. The number of nitrogens with one attached hydrogen (secondary N) is 1. The van der Waals surface area contributed by atoms with Gasteiger partial charge in [-0.25, -0.2) is 8.42 Å². The lowest BCUT2D eigenvalue weighted by molar-refractivity contribution is -0.145. The molecule has 28 heavy (non-hydrogen) atoms. The first-order chi connectivity index (χ1) is 12.8. The van der Waals surface area contributed by atoms with Gasteiger partial charge in [-0.05, 0) is 69.0 Å². The number of rotatable bonds is 6. The number of halogens is 3. The third-order valence-corrected chi connectivity index (χ3v) is 7.32. The summed E-state index contributed by atoms with van der Waals surface area (Å²) in [6.45, 7) is 8.78. The van der Waals surface area contributed by atoms with Gasteiger partial charge in [-0.1, -0.05) is 23.8 Å². The van der Waals surface area contributed by atoms with Gasteiger partial charge in [0.25, 0.3) is 0 Å². The predicted octanol–water partition coefficient (Wildman–Crippen LogP) is 5.23. The molecular formula is C20H24F3NO2S2. The Balaban J connectivity index is 2.28. The van der Waals surface area contributed by atoms with Crippen molar-refractivity contribution in [2.75, 3.05) is 5.75 Å². The Morgan fingerprint density at radius 2 is 1.50 bits per heavy atom. The van der Waals surface area contributed by atoms with E-state index in [0.717, 1.165) is 28.5 Å². The van der Waals surface area contributed by atoms with Crippen LogP contribution >= 0.6 is 11.8 Å². The minimum Gasteiger partial charge on any atom is -0.207 e. The Labute approximate surface area is 168 Å². The summed E-state index contributed by atoms with van der Waals surface area (Å²) in [4.78, 5) is 0.572. The van der Waals surface area contributed by atoms with E-state index in [2.05, 4.69) is 0 Å². The standard InChI is InChI=1S/C20H24F3NO2S2/c1-12-8-15(4)19(16(5)9-12)28(25,26)24-18(20(21,22)23)11-27-17-7-6-13(2)14(3)10-17/h6-10,18,24H,11H2,1-5H3. The van der Waals surface area contributed by atoms with Crippen molar-refractivity contribution in [2.45, 2.75) is 56.6 Å². The van der Waals surface area contributed by atoms with Gasteiger partial charge < -0.3 is 0 Å². The molecule has 2 aromatic carbocycles. The molecule has 0 radical (unpaired) electrons. The second-order valence-corrected chi connectivity index (χ2v) is 9.74. The summed E-state index contributed by atoms with van der Waals surface area (Å²) in [6, 6.07) is 6.48. The number of hydrogen-bond donors (Lipinski definition) is 1. The van der Waals surface area contributed by atoms with Crippen LogP contribution in [-0.2, 0) is 10.0 Å². The highest BCUT2D eigenvalue weighted by Crippen LogP contribution is 2.30. The van der Waals surface area contributed by atoms with Crippen molar-refractivity contribution >= 4 is 21.8 Å². The molecule has 154 valence electrons. The summed E-state index contributed by atoms with van der Waals surface area (Å²) < 4.78 is 67.9. The topological polar surface area (TPSA) is 46.2 Å². The van der Waals surface area contributed by atoms with Gasteiger partial charge in [-0.3, -0.25) is 0 Å². The van der Waals surface area contributed by atoms with Crippen molar-refractivity contribution in [1.82, 2.24) is 4.72 Å². The maximum absolute atomic E-state index is 13.5. The van der Waals surface area contributed by atoms with Gasteiger partial charge in [0.1, 0.15) is 6.04 Å². The molecule has 0 heterocycles. The summed E-state index contributed by atoms with van der Waals surface area (Å²) in [7, 11) is -4.32. The molecule has 0 amide bonds. The first kappa shape index (κ1) is 22.8. The van der Waals surface area contributed by atoms with Crippen molar-refractivity contribution in [2.24, 2.45) is 0 Å². The molecule has 2 aromatic rings. The smallest absolute Gasteiger partial charge is 0.207 e. The van der Waals surface area contributed by atoms with Crippen molar-refractivity contribution in [3.63, 3.8) is 0 Å². The molecule has 0 spiro atoms. The highest BCUT2D eigenvalue weighted by Gasteiger charge is 2.42. The van der Waals surface area contributed by atoms with Gasteiger partial charge in [0.15, 0.2) is 0 Å². The van der Waals surface area contributed by atoms with E-state index in [4.69, 9.17) is 0 Å². The average Bonchev–Trinajstić information content (AvgIpc) is 2.52. The van der Waals surface area contributed by atoms with E-state index in [1.165, 1.54) is 0 Å². The zero-order chi connectivity index (χ0) is 21.3. The Bertz CT molecular complexity index is 947. The third kappa shape index (κ3) is 5.52. The predicted molar refractivity (Wildman–Crippen MR) is 107 cm³/mol. The zero-order valence-corrected chi connectivity index (χ0v) is 18.1. The molecule has 1 unspecified atom stereocenters. The van der Waals surface area contributed by atoms with Gasteiger partial charge >= 0.3 is 6.18 Å². The van der Waals surface area contributed by atoms with Crippen molar-refractivity contribution in [1.29, 1.82) is 0 Å². The molecule has 0 saturated heterocycles. The van der Waals surface area contributed by atoms with Gasteiger partial charge in [-0.2, -0.15) is 17.9 Å². The molecule has 2 rings (SSSR count). The van der Waals surface area contributed by atoms with Crippen LogP contribution in [-0.4, -0.2) is 26.4 Å². The lowest BCUT2D eigenvalue weighted by atomic mass is 10.1. The van der Waals surface area contributed by atoms with Crippen LogP contribution in [0.3, 0.4) is 0 Å². The van der Waals surface area contributed by atoms with Gasteiger partial charge in [0.2, 0.25) is 10.0 Å². The first-order valence-corrected chi connectivity index (χ1v) is 11.1. The van der Waals surface area contributed by atoms with E-state index in [1.54, 1.807) is 38.1 Å². The monoisotopic (exact) mass is 431 g/mol. The molecule has 3 nitrogen and oxygen atoms in total. The van der Waals surface area contributed by atoms with Crippen LogP contribution in [0.25, 0.3) is 0 Å². The van der Waals surface area contributed by atoms with E-state index >= 15 is 0 Å². The molecule has 0 aliphatic heterocycles. The fourth-order valence-corrected chi connectivity index (χ4v) is 5.85. The van der Waals surface area contributed by atoms with Gasteiger partial charge in [0, 0.05) is 10.6 Å². The van der Waals surface area contributed by atoms with E-state index in [9.17, 15) is 21.6 Å². The van der Waals surface area contributed by atoms with Crippen LogP contribution in [0.4, 0.5) is 13.2 Å². The number of aryl methyl sites for hydroxylation is 5. The van der Waals surface area contributed by atoms with Crippen molar-refractivity contribution in [3.8, 4) is 0 Å². The Morgan fingerprint density at radius 3 is 2.00 bits per heavy atom. The van der Waals surface area contributed by atoms with Gasteiger partial charge in [-0.15, -0.1) is 11.8 Å². The summed E-state index contributed by atoms with van der Waals surface area (Å²) in [6.07, 6.45) is -4.70. The van der Waals surface area contributed by atoms with E-state index < -0.39 is 28.0 Å². The lowest BCUT2D eigenvalue weighted by Crippen LogP contribution is -2.47. The number of thioether (sulfide) groups is 1. The Hall–Kier alpha value is -1.51. The minimum atomic E-state index is -4.70. The summed E-state index contributed by atoms with van der Waals surface area (Å²) in [5.41, 5.74) is 3.72. The molecule has 0 aromatic heterocycles. The molecule has 0 fully saturated rings. The van der Waals surface area contributed by atoms with E-state index in [1.807, 2.05) is 31.6 Å². The summed E-state index contributed by atoms with van der Waals surface area (Å²) >= 11 is 0.978. The highest BCUT2D eigenvalue weighted by atomic mass is 32.2. The molecule has 8 heteroatoms. The van der Waals surface area contributed by atoms with E-state index in [0.29, 0.717) is 16.0 Å². The number of sulfonamides is 1. The molecule has 0 aliphatic carbocycles. The second-order valence-electron chi connectivity index (χ2n) is 7.00. The zero-order valence-electron chi connectivity index (χ0n) is 16.4. The maximum atomic E-state index is 13.5. The fraction of sp³-hybridized carbons (Fsp3) is 0.400. The molecule has 1 atom stereocenters. The van der Waals surface area contributed by atoms with Crippen molar-refractivity contribution < 1.29 is 21.6 Å². The van der Waals surface area contributed by atoms with Gasteiger partial charge in [0.05, 0.1) is 4.90 Å². The van der Waals surface area contributed by atoms with Crippen molar-refractivity contribution in [3.05, 3.63) is 58.1 Å². The van der Waals surface area contributed by atoms with Crippen LogP contribution in [0.2, 0.25) is 0 Å². The second kappa shape index (κ2) is 8.47. The molecule has 0 bridgehead atoms. The summed E-state index contributed by atoms with van der Waals surface area (Å²) in [5, 5.41) is 0. The number of benzene rings is 2. The highest BCUT2D eigenvalue weighted by molar-refractivity contribution is 7.99. The normalized spacial score (nSPS) is 13.6. The first-order valence-electron chi connectivity index (χ1n) is 8.68. The Kier molecular flexibility index (Phi) is 6.89. The molecule has 0 saturated carbocycles. The van der Waals surface area contributed by atoms with Crippen LogP contribution in [0, 0.1) is 34.6 Å². The SMILES string of the molecule is Cc1cc(C)c(S(=O)(=O)NC(CSc2ccc(C)c(C)c2)C(F)(F)F)c(C)c1. The fourth-order valence-electron chi connectivity index (χ4n) is 3.02. The Morgan fingerprint density at radius 1 is 0.929 bits per heavy atom. The largest absolute Gasteiger partial charge is 0.405 e. The average molecular weight is 432 g/mol. The minimum absolute atomic E-state index is 0.0940. The number of alkyl halides is 3. The quantitative estimate of drug-likeness (QED) is 0.637. The molecular weight excluding hydrogens is 407 g/mol. The summed E-state index contributed by atoms with van der Waals surface area (Å²) in [5.74, 6) is -0.449. The number of hydrogen-bond acceptors (Lipinski definition) is 3. The van der Waals surface area contributed by atoms with Crippen LogP contribution in [0.1, 0.15) is 27.8 Å². The van der Waals surface area contributed by atoms with E-state index in [-0.39, 0.29) is 4.90 Å². The van der Waals surface area contributed by atoms with Crippen LogP contribution in [0.15, 0.2) is 40.1 Å². The third-order valence-electron chi connectivity index (χ3n) is 4.46. The molecule has 0 aliphatic rings.